The Labute approximate surface area is 125 Å². The van der Waals surface area contributed by atoms with Gasteiger partial charge in [-0.05, 0) is 46.7 Å². The van der Waals surface area contributed by atoms with Gasteiger partial charge in [-0.2, -0.15) is 0 Å². The minimum atomic E-state index is -0.457. The zero-order valence-corrected chi connectivity index (χ0v) is 11.5. The molecule has 4 rings (SSSR count). The molecule has 0 amide bonds. The molecular formula is C14H13FN6O. The number of aliphatic hydroxyl groups excluding tert-OH is 1. The van der Waals surface area contributed by atoms with Gasteiger partial charge in [-0.15, -0.1) is 14.8 Å². The smallest absolute Gasteiger partial charge is 0.200 e. The maximum Gasteiger partial charge on any atom is 0.200 e. The molecule has 0 saturated carbocycles. The van der Waals surface area contributed by atoms with E-state index in [0.717, 1.165) is 5.56 Å². The molecule has 1 saturated heterocycles. The number of halogens is 1. The van der Waals surface area contributed by atoms with Crippen molar-refractivity contribution in [2.45, 2.75) is 18.6 Å². The summed E-state index contributed by atoms with van der Waals surface area (Å²) < 4.78 is 14.5. The summed E-state index contributed by atoms with van der Waals surface area (Å²) >= 11 is 0. The largest absolute Gasteiger partial charge is 0.391 e. The van der Waals surface area contributed by atoms with E-state index >= 15 is 0 Å². The predicted octanol–water partition coefficient (Wildman–Crippen LogP) is 0.971. The summed E-state index contributed by atoms with van der Waals surface area (Å²) in [5, 5.41) is 25.6. The molecule has 1 N–H and O–H groups in total. The van der Waals surface area contributed by atoms with Crippen LogP contribution in [0.25, 0.3) is 5.65 Å². The van der Waals surface area contributed by atoms with Crippen molar-refractivity contribution in [2.75, 3.05) is 11.4 Å². The summed E-state index contributed by atoms with van der Waals surface area (Å²) in [6.45, 7) is 0.461. The molecule has 112 valence electrons. The lowest BCUT2D eigenvalue weighted by Crippen LogP contribution is -2.25. The summed E-state index contributed by atoms with van der Waals surface area (Å²) in [5.74, 6) is 0.396. The fourth-order valence-electron chi connectivity index (χ4n) is 2.86. The molecule has 0 radical (unpaired) electrons. The molecule has 1 aromatic carbocycles. The molecule has 0 bridgehead atoms. The van der Waals surface area contributed by atoms with Gasteiger partial charge in [0.15, 0.2) is 11.5 Å². The highest BCUT2D eigenvalue weighted by atomic mass is 19.1. The van der Waals surface area contributed by atoms with Crippen molar-refractivity contribution in [3.63, 3.8) is 0 Å². The number of anilines is 1. The van der Waals surface area contributed by atoms with Crippen LogP contribution in [0.15, 0.2) is 36.4 Å². The minimum Gasteiger partial charge on any atom is -0.391 e. The van der Waals surface area contributed by atoms with Gasteiger partial charge in [0.1, 0.15) is 5.82 Å². The molecule has 2 atom stereocenters. The normalized spacial score (nSPS) is 21.6. The van der Waals surface area contributed by atoms with Crippen LogP contribution in [0.3, 0.4) is 0 Å². The molecule has 7 nitrogen and oxygen atoms in total. The van der Waals surface area contributed by atoms with Gasteiger partial charge in [-0.1, -0.05) is 12.1 Å². The number of tetrazole rings is 1. The number of hydrogen-bond donors (Lipinski definition) is 1. The van der Waals surface area contributed by atoms with Gasteiger partial charge >= 0.3 is 0 Å². The highest BCUT2D eigenvalue weighted by Crippen LogP contribution is 2.35. The molecule has 2 aromatic heterocycles. The van der Waals surface area contributed by atoms with Gasteiger partial charge in [0, 0.05) is 6.54 Å². The van der Waals surface area contributed by atoms with Crippen molar-refractivity contribution >= 4 is 11.5 Å². The Morgan fingerprint density at radius 1 is 1.14 bits per heavy atom. The number of β-amino-alcohol motifs (C(OH)–C–C–N with tert-alkyl or cyclic N) is 1. The maximum atomic E-state index is 13.1. The monoisotopic (exact) mass is 300 g/mol. The summed E-state index contributed by atoms with van der Waals surface area (Å²) in [7, 11) is 0. The topological polar surface area (TPSA) is 79.4 Å². The third kappa shape index (κ3) is 2.17. The van der Waals surface area contributed by atoms with E-state index in [9.17, 15) is 9.50 Å². The molecule has 1 aliphatic heterocycles. The third-order valence-corrected chi connectivity index (χ3v) is 3.88. The van der Waals surface area contributed by atoms with Crippen LogP contribution in [0.5, 0.6) is 0 Å². The third-order valence-electron chi connectivity index (χ3n) is 3.88. The van der Waals surface area contributed by atoms with Crippen molar-refractivity contribution in [1.29, 1.82) is 0 Å². The number of benzene rings is 1. The van der Waals surface area contributed by atoms with Gasteiger partial charge in [0.25, 0.3) is 0 Å². The SMILES string of the molecule is O[C@H]1C[C@@H](c2ccc(F)cc2)N(c2ccc3nnnn3n2)C1. The van der Waals surface area contributed by atoms with Crippen molar-refractivity contribution in [3.8, 4) is 0 Å². The maximum absolute atomic E-state index is 13.1. The van der Waals surface area contributed by atoms with Crippen LogP contribution in [0.2, 0.25) is 0 Å². The molecule has 0 aliphatic carbocycles. The van der Waals surface area contributed by atoms with Crippen LogP contribution >= 0.6 is 0 Å². The Balaban J connectivity index is 1.72. The summed E-state index contributed by atoms with van der Waals surface area (Å²) in [4.78, 5) is 1.99. The zero-order chi connectivity index (χ0) is 15.1. The zero-order valence-electron chi connectivity index (χ0n) is 11.5. The van der Waals surface area contributed by atoms with Crippen molar-refractivity contribution in [2.24, 2.45) is 0 Å². The van der Waals surface area contributed by atoms with E-state index in [0.29, 0.717) is 24.4 Å². The van der Waals surface area contributed by atoms with Crippen molar-refractivity contribution < 1.29 is 9.50 Å². The average Bonchev–Trinajstić information content (AvgIpc) is 3.13. The Bertz CT molecular complexity index is 804. The van der Waals surface area contributed by atoms with Crippen LogP contribution in [0.4, 0.5) is 10.2 Å². The van der Waals surface area contributed by atoms with E-state index < -0.39 is 6.10 Å². The van der Waals surface area contributed by atoms with E-state index in [1.165, 1.54) is 16.8 Å². The first kappa shape index (κ1) is 13.1. The van der Waals surface area contributed by atoms with Gasteiger partial charge in [0.05, 0.1) is 12.1 Å². The van der Waals surface area contributed by atoms with Gasteiger partial charge in [-0.25, -0.2) is 4.39 Å². The van der Waals surface area contributed by atoms with Gasteiger partial charge in [0.2, 0.25) is 0 Å². The van der Waals surface area contributed by atoms with E-state index in [-0.39, 0.29) is 11.9 Å². The number of nitrogens with zero attached hydrogens (tertiary/aromatic N) is 6. The van der Waals surface area contributed by atoms with E-state index in [2.05, 4.69) is 20.6 Å². The molecule has 0 unspecified atom stereocenters. The van der Waals surface area contributed by atoms with Crippen LogP contribution in [0, 0.1) is 5.82 Å². The Hall–Kier alpha value is -2.61. The summed E-state index contributed by atoms with van der Waals surface area (Å²) in [6, 6.07) is 9.86. The lowest BCUT2D eigenvalue weighted by atomic mass is 10.0. The van der Waals surface area contributed by atoms with E-state index in [1.807, 2.05) is 11.0 Å². The summed E-state index contributed by atoms with van der Waals surface area (Å²) in [6.07, 6.45) is 0.113. The van der Waals surface area contributed by atoms with Crippen LogP contribution in [-0.2, 0) is 0 Å². The van der Waals surface area contributed by atoms with Gasteiger partial charge < -0.3 is 10.0 Å². The predicted molar refractivity (Wildman–Crippen MR) is 75.7 cm³/mol. The van der Waals surface area contributed by atoms with E-state index in [1.54, 1.807) is 18.2 Å². The number of aromatic nitrogens is 5. The number of aliphatic hydroxyl groups is 1. The Morgan fingerprint density at radius 3 is 2.77 bits per heavy atom. The second kappa shape index (κ2) is 4.99. The fourth-order valence-corrected chi connectivity index (χ4v) is 2.86. The first-order valence-electron chi connectivity index (χ1n) is 6.96. The molecule has 8 heteroatoms. The van der Waals surface area contributed by atoms with Gasteiger partial charge in [-0.3, -0.25) is 0 Å². The molecule has 22 heavy (non-hydrogen) atoms. The van der Waals surface area contributed by atoms with Crippen LogP contribution in [0.1, 0.15) is 18.0 Å². The Kier molecular flexibility index (Phi) is 2.97. The summed E-state index contributed by atoms with van der Waals surface area (Å²) in [5.41, 5.74) is 1.50. The fraction of sp³-hybridized carbons (Fsp3) is 0.286. The second-order valence-electron chi connectivity index (χ2n) is 5.33. The number of rotatable bonds is 2. The van der Waals surface area contributed by atoms with Crippen LogP contribution < -0.4 is 4.90 Å². The van der Waals surface area contributed by atoms with Crippen molar-refractivity contribution in [1.82, 2.24) is 25.3 Å². The molecule has 3 aromatic rings. The van der Waals surface area contributed by atoms with Crippen molar-refractivity contribution in [3.05, 3.63) is 47.8 Å². The lowest BCUT2D eigenvalue weighted by molar-refractivity contribution is 0.194. The highest BCUT2D eigenvalue weighted by Gasteiger charge is 2.33. The molecule has 1 aliphatic rings. The molecule has 1 fully saturated rings. The molecule has 3 heterocycles. The quantitative estimate of drug-likeness (QED) is 0.759. The highest BCUT2D eigenvalue weighted by molar-refractivity contribution is 5.48. The molecule has 0 spiro atoms. The number of hydrogen-bond acceptors (Lipinski definition) is 6. The molecular weight excluding hydrogens is 287 g/mol. The first-order chi connectivity index (χ1) is 10.7. The number of fused-ring (bicyclic) bond motifs is 1. The average molecular weight is 300 g/mol. The van der Waals surface area contributed by atoms with Crippen LogP contribution in [-0.4, -0.2) is 43.0 Å². The Morgan fingerprint density at radius 2 is 1.95 bits per heavy atom. The second-order valence-corrected chi connectivity index (χ2v) is 5.33. The first-order valence-corrected chi connectivity index (χ1v) is 6.96. The minimum absolute atomic E-state index is 0.0583. The standard InChI is InChI=1S/C14H13FN6O/c15-10-3-1-9(2-4-10)12-7-11(22)8-20(12)14-6-5-13-16-18-19-21(13)17-14/h1-6,11-12,22H,7-8H2/t11-,12-/m0/s1. The van der Waals surface area contributed by atoms with E-state index in [4.69, 9.17) is 0 Å². The lowest BCUT2D eigenvalue weighted by Gasteiger charge is -2.25.